The number of methoxy groups -OCH3 is 1. The summed E-state index contributed by atoms with van der Waals surface area (Å²) in [5, 5.41) is 5.55. The SMILES string of the molecule is COc1cccc(C(=O)Nc2cccc(SCC(=O)Nc3ccc(F)cc3)c2)c1. The molecule has 0 bridgehead atoms. The Bertz CT molecular complexity index is 1010. The molecule has 0 fully saturated rings. The molecule has 2 N–H and O–H groups in total. The van der Waals surface area contributed by atoms with Gasteiger partial charge in [-0.1, -0.05) is 12.1 Å². The molecule has 2 amide bonds. The lowest BCUT2D eigenvalue weighted by Crippen LogP contribution is -2.14. The number of nitrogens with one attached hydrogen (secondary N) is 2. The summed E-state index contributed by atoms with van der Waals surface area (Å²) < 4.78 is 18.1. The first-order chi connectivity index (χ1) is 14.0. The zero-order chi connectivity index (χ0) is 20.6. The van der Waals surface area contributed by atoms with Crippen LogP contribution in [0.3, 0.4) is 0 Å². The Morgan fingerprint density at radius 2 is 1.69 bits per heavy atom. The Balaban J connectivity index is 1.56. The van der Waals surface area contributed by atoms with Gasteiger partial charge in [0, 0.05) is 21.8 Å². The smallest absolute Gasteiger partial charge is 0.255 e. The molecule has 5 nitrogen and oxygen atoms in total. The van der Waals surface area contributed by atoms with E-state index in [0.717, 1.165) is 4.90 Å². The Labute approximate surface area is 172 Å². The molecule has 0 aliphatic heterocycles. The van der Waals surface area contributed by atoms with Crippen molar-refractivity contribution in [2.24, 2.45) is 0 Å². The minimum Gasteiger partial charge on any atom is -0.497 e. The highest BCUT2D eigenvalue weighted by molar-refractivity contribution is 8.00. The maximum absolute atomic E-state index is 12.9. The van der Waals surface area contributed by atoms with Crippen LogP contribution in [0, 0.1) is 5.82 Å². The summed E-state index contributed by atoms with van der Waals surface area (Å²) in [5.41, 5.74) is 1.65. The predicted octanol–water partition coefficient (Wildman–Crippen LogP) is 4.82. The molecule has 0 heterocycles. The van der Waals surface area contributed by atoms with E-state index in [0.29, 0.717) is 22.7 Å². The van der Waals surface area contributed by atoms with Crippen molar-refractivity contribution in [3.05, 3.63) is 84.2 Å². The average molecular weight is 410 g/mol. The fourth-order valence-electron chi connectivity index (χ4n) is 2.51. The van der Waals surface area contributed by atoms with Gasteiger partial charge in [-0.15, -0.1) is 11.8 Å². The topological polar surface area (TPSA) is 67.4 Å². The van der Waals surface area contributed by atoms with Crippen LogP contribution in [0.25, 0.3) is 0 Å². The van der Waals surface area contributed by atoms with Gasteiger partial charge in [0.1, 0.15) is 11.6 Å². The third kappa shape index (κ3) is 6.08. The molecule has 3 aromatic rings. The lowest BCUT2D eigenvalue weighted by molar-refractivity contribution is -0.113. The molecule has 29 heavy (non-hydrogen) atoms. The van der Waals surface area contributed by atoms with Crippen LogP contribution in [0.1, 0.15) is 10.4 Å². The van der Waals surface area contributed by atoms with E-state index in [4.69, 9.17) is 4.74 Å². The number of hydrogen-bond donors (Lipinski definition) is 2. The Morgan fingerprint density at radius 3 is 2.45 bits per heavy atom. The molecule has 0 saturated heterocycles. The van der Waals surface area contributed by atoms with Gasteiger partial charge in [-0.25, -0.2) is 4.39 Å². The van der Waals surface area contributed by atoms with E-state index in [1.807, 2.05) is 6.07 Å². The van der Waals surface area contributed by atoms with Crippen LogP contribution >= 0.6 is 11.8 Å². The van der Waals surface area contributed by atoms with Crippen LogP contribution in [-0.2, 0) is 4.79 Å². The van der Waals surface area contributed by atoms with Crippen molar-refractivity contribution in [1.82, 2.24) is 0 Å². The quantitative estimate of drug-likeness (QED) is 0.548. The minimum absolute atomic E-state index is 0.185. The van der Waals surface area contributed by atoms with Crippen LogP contribution in [-0.4, -0.2) is 24.7 Å². The normalized spacial score (nSPS) is 10.3. The lowest BCUT2D eigenvalue weighted by Gasteiger charge is -2.09. The monoisotopic (exact) mass is 410 g/mol. The molecule has 0 aromatic heterocycles. The molecule has 0 atom stereocenters. The van der Waals surface area contributed by atoms with Crippen molar-refractivity contribution in [2.75, 3.05) is 23.5 Å². The van der Waals surface area contributed by atoms with Gasteiger partial charge in [-0.05, 0) is 60.7 Å². The molecule has 0 spiro atoms. The molecule has 3 rings (SSSR count). The van der Waals surface area contributed by atoms with E-state index in [1.165, 1.54) is 36.0 Å². The fraction of sp³-hybridized carbons (Fsp3) is 0.0909. The van der Waals surface area contributed by atoms with Gasteiger partial charge in [-0.3, -0.25) is 9.59 Å². The van der Waals surface area contributed by atoms with Gasteiger partial charge in [0.2, 0.25) is 5.91 Å². The second-order valence-corrected chi connectivity index (χ2v) is 7.11. The lowest BCUT2D eigenvalue weighted by atomic mass is 10.2. The van der Waals surface area contributed by atoms with Crippen molar-refractivity contribution >= 4 is 35.0 Å². The van der Waals surface area contributed by atoms with Gasteiger partial charge in [0.05, 0.1) is 12.9 Å². The number of benzene rings is 3. The van der Waals surface area contributed by atoms with Crippen molar-refractivity contribution < 1.29 is 18.7 Å². The highest BCUT2D eigenvalue weighted by atomic mass is 32.2. The van der Waals surface area contributed by atoms with Crippen LogP contribution in [0.2, 0.25) is 0 Å². The summed E-state index contributed by atoms with van der Waals surface area (Å²) in [4.78, 5) is 25.3. The number of thioether (sulfide) groups is 1. The summed E-state index contributed by atoms with van der Waals surface area (Å²) in [6.07, 6.45) is 0. The number of ether oxygens (including phenoxy) is 1. The van der Waals surface area contributed by atoms with Crippen molar-refractivity contribution in [3.63, 3.8) is 0 Å². The summed E-state index contributed by atoms with van der Waals surface area (Å²) >= 11 is 1.34. The van der Waals surface area contributed by atoms with Crippen LogP contribution in [0.4, 0.5) is 15.8 Å². The number of anilines is 2. The van der Waals surface area contributed by atoms with E-state index >= 15 is 0 Å². The Morgan fingerprint density at radius 1 is 0.931 bits per heavy atom. The largest absolute Gasteiger partial charge is 0.497 e. The highest BCUT2D eigenvalue weighted by Crippen LogP contribution is 2.23. The second kappa shape index (κ2) is 9.75. The number of halogens is 1. The maximum Gasteiger partial charge on any atom is 0.255 e. The average Bonchev–Trinajstić information content (AvgIpc) is 2.74. The second-order valence-electron chi connectivity index (χ2n) is 6.06. The van der Waals surface area contributed by atoms with Crippen LogP contribution in [0.15, 0.2) is 77.7 Å². The maximum atomic E-state index is 12.9. The molecule has 0 aliphatic rings. The number of carbonyl (C=O) groups excluding carboxylic acids is 2. The van der Waals surface area contributed by atoms with Crippen molar-refractivity contribution in [3.8, 4) is 5.75 Å². The first kappa shape index (κ1) is 20.4. The third-order valence-electron chi connectivity index (χ3n) is 3.92. The number of hydrogen-bond acceptors (Lipinski definition) is 4. The number of amides is 2. The highest BCUT2D eigenvalue weighted by Gasteiger charge is 2.09. The first-order valence-corrected chi connectivity index (χ1v) is 9.76. The Kier molecular flexibility index (Phi) is 6.86. The van der Waals surface area contributed by atoms with Gasteiger partial charge < -0.3 is 15.4 Å². The predicted molar refractivity (Wildman–Crippen MR) is 113 cm³/mol. The van der Waals surface area contributed by atoms with E-state index < -0.39 is 0 Å². The van der Waals surface area contributed by atoms with E-state index in [2.05, 4.69) is 10.6 Å². The van der Waals surface area contributed by atoms with Gasteiger partial charge in [0.25, 0.3) is 5.91 Å². The van der Waals surface area contributed by atoms with Crippen LogP contribution in [0.5, 0.6) is 5.75 Å². The molecular formula is C22H19FN2O3S. The summed E-state index contributed by atoms with van der Waals surface area (Å²) in [5.74, 6) is -0.0168. The summed E-state index contributed by atoms with van der Waals surface area (Å²) in [6.45, 7) is 0. The van der Waals surface area contributed by atoms with Gasteiger partial charge >= 0.3 is 0 Å². The van der Waals surface area contributed by atoms with E-state index in [1.54, 1.807) is 49.6 Å². The molecule has 148 valence electrons. The molecule has 0 radical (unpaired) electrons. The summed E-state index contributed by atoms with van der Waals surface area (Å²) in [6, 6.07) is 19.7. The number of carbonyl (C=O) groups is 2. The van der Waals surface area contributed by atoms with Crippen molar-refractivity contribution in [2.45, 2.75) is 4.90 Å². The van der Waals surface area contributed by atoms with E-state index in [9.17, 15) is 14.0 Å². The zero-order valence-electron chi connectivity index (χ0n) is 15.6. The van der Waals surface area contributed by atoms with E-state index in [-0.39, 0.29) is 23.4 Å². The van der Waals surface area contributed by atoms with Gasteiger partial charge in [-0.2, -0.15) is 0 Å². The first-order valence-electron chi connectivity index (χ1n) is 8.77. The van der Waals surface area contributed by atoms with Crippen molar-refractivity contribution in [1.29, 1.82) is 0 Å². The fourth-order valence-corrected chi connectivity index (χ4v) is 3.27. The van der Waals surface area contributed by atoms with Crippen LogP contribution < -0.4 is 15.4 Å². The Hall–Kier alpha value is -3.32. The standard InChI is InChI=1S/C22H19FN2O3S/c1-28-19-6-2-4-15(12-19)22(27)25-18-5-3-7-20(13-18)29-14-21(26)24-17-10-8-16(23)9-11-17/h2-13H,14H2,1H3,(H,24,26)(H,25,27). The molecular weight excluding hydrogens is 391 g/mol. The zero-order valence-corrected chi connectivity index (χ0v) is 16.5. The number of rotatable bonds is 7. The molecule has 0 unspecified atom stereocenters. The summed E-state index contributed by atoms with van der Waals surface area (Å²) in [7, 11) is 1.55. The molecule has 3 aromatic carbocycles. The third-order valence-corrected chi connectivity index (χ3v) is 4.92. The molecule has 0 aliphatic carbocycles. The van der Waals surface area contributed by atoms with Gasteiger partial charge in [0.15, 0.2) is 0 Å². The molecule has 0 saturated carbocycles. The molecule has 7 heteroatoms. The minimum atomic E-state index is -0.356.